The molecule has 0 radical (unpaired) electrons. The molecule has 2 aromatic heterocycles. The van der Waals surface area contributed by atoms with Gasteiger partial charge in [-0.05, 0) is 12.1 Å². The lowest BCUT2D eigenvalue weighted by Crippen LogP contribution is -2.32. The monoisotopic (exact) mass is 324 g/mol. The average molecular weight is 324 g/mol. The van der Waals surface area contributed by atoms with Crippen LogP contribution in [-0.4, -0.2) is 37.4 Å². The summed E-state index contributed by atoms with van der Waals surface area (Å²) in [5.74, 6) is -2.48. The van der Waals surface area contributed by atoms with E-state index in [0.717, 1.165) is 0 Å². The summed E-state index contributed by atoms with van der Waals surface area (Å²) in [4.78, 5) is 55.4. The molecular formula is C15H8N4O5. The number of hydrogen-bond donors (Lipinski definition) is 1. The molecular weight excluding hydrogens is 316 g/mol. The number of H-pyrrole nitrogens is 1. The summed E-state index contributed by atoms with van der Waals surface area (Å²) < 4.78 is 1.19. The lowest BCUT2D eigenvalue weighted by molar-refractivity contribution is -0.0588. The summed E-state index contributed by atoms with van der Waals surface area (Å²) in [6.07, 6.45) is 2.80. The number of carbonyl (C=O) groups excluding carboxylic acids is 3. The zero-order valence-corrected chi connectivity index (χ0v) is 11.9. The Labute approximate surface area is 133 Å². The molecule has 0 unspecified atom stereocenters. The fourth-order valence-electron chi connectivity index (χ4n) is 2.41. The van der Waals surface area contributed by atoms with E-state index in [1.165, 1.54) is 35.1 Å². The lowest BCUT2D eigenvalue weighted by Gasteiger charge is -2.11. The Morgan fingerprint density at radius 1 is 1.08 bits per heavy atom. The third-order valence-electron chi connectivity index (χ3n) is 3.54. The van der Waals surface area contributed by atoms with E-state index in [4.69, 9.17) is 4.84 Å². The molecule has 2 amide bonds. The van der Waals surface area contributed by atoms with Crippen molar-refractivity contribution in [1.29, 1.82) is 0 Å². The Kier molecular flexibility index (Phi) is 2.82. The highest BCUT2D eigenvalue weighted by Crippen LogP contribution is 2.23. The number of amides is 2. The molecule has 9 heteroatoms. The van der Waals surface area contributed by atoms with Crippen LogP contribution in [0, 0.1) is 0 Å². The molecule has 3 aromatic rings. The number of imide groups is 1. The summed E-state index contributed by atoms with van der Waals surface area (Å²) in [6.45, 7) is 0. The van der Waals surface area contributed by atoms with Gasteiger partial charge in [0.15, 0.2) is 5.69 Å². The third-order valence-corrected chi connectivity index (χ3v) is 3.54. The Bertz CT molecular complexity index is 1050. The van der Waals surface area contributed by atoms with Gasteiger partial charge in [-0.2, -0.15) is 5.10 Å². The molecule has 118 valence electrons. The molecule has 9 nitrogen and oxygen atoms in total. The minimum Gasteiger partial charge on any atom is -0.326 e. The standard InChI is InChI=1S/C15H8N4O5/c20-12-11-7-10(17-18(11)6-5-16-12)15(23)24-19-13(21)8-3-1-2-4-9(8)14(19)22/h1-7H,(H,16,20). The topological polar surface area (TPSA) is 114 Å². The highest BCUT2D eigenvalue weighted by Gasteiger charge is 2.39. The summed E-state index contributed by atoms with van der Waals surface area (Å²) in [5, 5.41) is 4.28. The van der Waals surface area contributed by atoms with E-state index >= 15 is 0 Å². The minimum atomic E-state index is -1.02. The van der Waals surface area contributed by atoms with E-state index in [9.17, 15) is 19.2 Å². The molecule has 0 aliphatic carbocycles. The summed E-state index contributed by atoms with van der Waals surface area (Å²) in [5.41, 5.74) is -0.205. The number of benzene rings is 1. The van der Waals surface area contributed by atoms with E-state index in [1.807, 2.05) is 0 Å². The molecule has 1 N–H and O–H groups in total. The SMILES string of the molecule is O=C(ON1C(=O)c2ccccc2C1=O)c1cc2c(=O)[nH]ccn2n1. The van der Waals surface area contributed by atoms with Crippen molar-refractivity contribution >= 4 is 23.3 Å². The van der Waals surface area contributed by atoms with Gasteiger partial charge in [0.2, 0.25) is 0 Å². The number of aromatic nitrogens is 3. The number of fused-ring (bicyclic) bond motifs is 2. The molecule has 24 heavy (non-hydrogen) atoms. The fraction of sp³-hybridized carbons (Fsp3) is 0. The first-order chi connectivity index (χ1) is 11.6. The molecule has 0 saturated heterocycles. The zero-order valence-electron chi connectivity index (χ0n) is 11.9. The van der Waals surface area contributed by atoms with Gasteiger partial charge in [0.05, 0.1) is 11.1 Å². The van der Waals surface area contributed by atoms with Gasteiger partial charge in [-0.1, -0.05) is 17.2 Å². The van der Waals surface area contributed by atoms with Gasteiger partial charge < -0.3 is 9.82 Å². The van der Waals surface area contributed by atoms with E-state index in [0.29, 0.717) is 5.06 Å². The van der Waals surface area contributed by atoms with Crippen molar-refractivity contribution < 1.29 is 19.2 Å². The number of rotatable bonds is 2. The Balaban J connectivity index is 1.65. The van der Waals surface area contributed by atoms with Crippen LogP contribution in [0.2, 0.25) is 0 Å². The van der Waals surface area contributed by atoms with Gasteiger partial charge in [0.25, 0.3) is 17.4 Å². The van der Waals surface area contributed by atoms with Crippen molar-refractivity contribution in [3.63, 3.8) is 0 Å². The van der Waals surface area contributed by atoms with E-state index in [1.54, 1.807) is 12.1 Å². The van der Waals surface area contributed by atoms with Crippen molar-refractivity contribution in [3.8, 4) is 0 Å². The van der Waals surface area contributed by atoms with Gasteiger partial charge >= 0.3 is 5.97 Å². The molecule has 0 atom stereocenters. The van der Waals surface area contributed by atoms with Gasteiger partial charge in [0.1, 0.15) is 5.52 Å². The Morgan fingerprint density at radius 2 is 1.75 bits per heavy atom. The number of nitrogens with zero attached hydrogens (tertiary/aromatic N) is 3. The average Bonchev–Trinajstić information content (AvgIpc) is 3.12. The number of hydrogen-bond acceptors (Lipinski definition) is 6. The van der Waals surface area contributed by atoms with Crippen molar-refractivity contribution in [2.75, 3.05) is 0 Å². The Morgan fingerprint density at radius 3 is 2.38 bits per heavy atom. The summed E-state index contributed by atoms with van der Waals surface area (Å²) >= 11 is 0. The fourth-order valence-corrected chi connectivity index (χ4v) is 2.41. The quantitative estimate of drug-likeness (QED) is 0.682. The normalized spacial score (nSPS) is 13.4. The van der Waals surface area contributed by atoms with Crippen LogP contribution in [0.5, 0.6) is 0 Å². The lowest BCUT2D eigenvalue weighted by atomic mass is 10.1. The maximum atomic E-state index is 12.2. The Hall–Kier alpha value is -3.75. The van der Waals surface area contributed by atoms with Crippen molar-refractivity contribution in [2.45, 2.75) is 0 Å². The van der Waals surface area contributed by atoms with E-state index in [2.05, 4.69) is 10.1 Å². The summed E-state index contributed by atoms with van der Waals surface area (Å²) in [7, 11) is 0. The van der Waals surface area contributed by atoms with Crippen LogP contribution in [-0.2, 0) is 4.84 Å². The molecule has 0 fully saturated rings. The smallest absolute Gasteiger partial charge is 0.326 e. The van der Waals surface area contributed by atoms with E-state index in [-0.39, 0.29) is 22.3 Å². The molecule has 3 heterocycles. The van der Waals surface area contributed by atoms with Gasteiger partial charge in [-0.3, -0.25) is 14.4 Å². The predicted molar refractivity (Wildman–Crippen MR) is 78.2 cm³/mol. The van der Waals surface area contributed by atoms with Gasteiger partial charge in [-0.25, -0.2) is 9.31 Å². The molecule has 0 spiro atoms. The minimum absolute atomic E-state index is 0.131. The highest BCUT2D eigenvalue weighted by molar-refractivity contribution is 6.21. The second-order valence-electron chi connectivity index (χ2n) is 4.98. The van der Waals surface area contributed by atoms with Crippen LogP contribution in [0.3, 0.4) is 0 Å². The molecule has 1 aliphatic rings. The molecule has 4 rings (SSSR count). The third kappa shape index (κ3) is 1.92. The van der Waals surface area contributed by atoms with Crippen LogP contribution in [0.1, 0.15) is 31.2 Å². The predicted octanol–water partition coefficient (Wildman–Crippen LogP) is 0.391. The first kappa shape index (κ1) is 13.9. The second kappa shape index (κ2) is 4.88. The number of aromatic amines is 1. The van der Waals surface area contributed by atoms with Crippen molar-refractivity contribution in [1.82, 2.24) is 19.7 Å². The molecule has 0 saturated carbocycles. The maximum absolute atomic E-state index is 12.2. The second-order valence-corrected chi connectivity index (χ2v) is 4.98. The molecule has 1 aromatic carbocycles. The number of hydroxylamine groups is 2. The molecule has 1 aliphatic heterocycles. The van der Waals surface area contributed by atoms with Crippen molar-refractivity contribution in [3.05, 3.63) is 69.9 Å². The zero-order chi connectivity index (χ0) is 16.8. The summed E-state index contributed by atoms with van der Waals surface area (Å²) in [6, 6.07) is 7.34. The van der Waals surface area contributed by atoms with Crippen LogP contribution in [0.25, 0.3) is 5.52 Å². The largest absolute Gasteiger partial charge is 0.384 e. The number of nitrogens with one attached hydrogen (secondary N) is 1. The first-order valence-electron chi connectivity index (χ1n) is 6.83. The first-order valence-corrected chi connectivity index (χ1v) is 6.83. The van der Waals surface area contributed by atoms with Gasteiger partial charge in [-0.15, -0.1) is 0 Å². The highest BCUT2D eigenvalue weighted by atomic mass is 16.7. The number of carbonyl (C=O) groups is 3. The van der Waals surface area contributed by atoms with E-state index < -0.39 is 23.3 Å². The maximum Gasteiger partial charge on any atom is 0.384 e. The van der Waals surface area contributed by atoms with Gasteiger partial charge in [0, 0.05) is 18.5 Å². The van der Waals surface area contributed by atoms with Crippen molar-refractivity contribution in [2.24, 2.45) is 0 Å². The van der Waals surface area contributed by atoms with Crippen LogP contribution in [0.15, 0.2) is 47.5 Å². The van der Waals surface area contributed by atoms with Crippen LogP contribution >= 0.6 is 0 Å². The van der Waals surface area contributed by atoms with Crippen LogP contribution in [0.4, 0.5) is 0 Å². The molecule has 0 bridgehead atoms. The van der Waals surface area contributed by atoms with Crippen LogP contribution < -0.4 is 5.56 Å².